The van der Waals surface area contributed by atoms with E-state index in [9.17, 15) is 0 Å². The van der Waals surface area contributed by atoms with Crippen LogP contribution in [-0.2, 0) is 0 Å². The summed E-state index contributed by atoms with van der Waals surface area (Å²) >= 11 is 0. The zero-order valence-electron chi connectivity index (χ0n) is 12.5. The summed E-state index contributed by atoms with van der Waals surface area (Å²) in [6.45, 7) is 7.45. The molecule has 1 aliphatic rings. The highest BCUT2D eigenvalue weighted by Gasteiger charge is 2.29. The molecule has 2 N–H and O–H groups in total. The summed E-state index contributed by atoms with van der Waals surface area (Å²) in [6, 6.07) is 9.15. The molecule has 0 saturated heterocycles. The summed E-state index contributed by atoms with van der Waals surface area (Å²) in [5.74, 6) is 0.682. The fourth-order valence-corrected chi connectivity index (χ4v) is 3.28. The average Bonchev–Trinajstić information content (AvgIpc) is 2.46. The minimum absolute atomic E-state index is 0.463. The maximum absolute atomic E-state index is 6.09. The molecule has 106 valence electrons. The SMILES string of the molecule is CCC(CC)C(CN)N1CCN(C)c2ccccc21. The smallest absolute Gasteiger partial charge is 0.0607 e. The van der Waals surface area contributed by atoms with Crippen molar-refractivity contribution in [2.45, 2.75) is 32.7 Å². The van der Waals surface area contributed by atoms with Gasteiger partial charge in [0.2, 0.25) is 0 Å². The Morgan fingerprint density at radius 3 is 2.32 bits per heavy atom. The van der Waals surface area contributed by atoms with Crippen LogP contribution in [0, 0.1) is 5.92 Å². The van der Waals surface area contributed by atoms with Crippen molar-refractivity contribution in [3.05, 3.63) is 24.3 Å². The molecule has 1 aliphatic heterocycles. The third-order valence-corrected chi connectivity index (χ3v) is 4.51. The molecule has 0 aromatic heterocycles. The van der Waals surface area contributed by atoms with Gasteiger partial charge in [-0.1, -0.05) is 38.8 Å². The predicted molar refractivity (Wildman–Crippen MR) is 84.0 cm³/mol. The van der Waals surface area contributed by atoms with E-state index in [1.165, 1.54) is 24.2 Å². The minimum Gasteiger partial charge on any atom is -0.371 e. The van der Waals surface area contributed by atoms with Crippen LogP contribution in [0.3, 0.4) is 0 Å². The zero-order valence-corrected chi connectivity index (χ0v) is 12.5. The molecule has 1 heterocycles. The van der Waals surface area contributed by atoms with Crippen LogP contribution in [0.5, 0.6) is 0 Å². The van der Waals surface area contributed by atoms with Gasteiger partial charge in [-0.05, 0) is 18.1 Å². The number of hydrogen-bond acceptors (Lipinski definition) is 3. The largest absolute Gasteiger partial charge is 0.371 e. The molecule has 0 bridgehead atoms. The number of para-hydroxylation sites is 2. The highest BCUT2D eigenvalue weighted by Crippen LogP contribution is 2.35. The van der Waals surface area contributed by atoms with Gasteiger partial charge in [-0.3, -0.25) is 0 Å². The molecule has 0 amide bonds. The van der Waals surface area contributed by atoms with Crippen LogP contribution in [0.4, 0.5) is 11.4 Å². The van der Waals surface area contributed by atoms with E-state index in [2.05, 4.69) is 55.0 Å². The van der Waals surface area contributed by atoms with Gasteiger partial charge in [-0.15, -0.1) is 0 Å². The number of rotatable bonds is 5. The molecule has 1 unspecified atom stereocenters. The predicted octanol–water partition coefficient (Wildman–Crippen LogP) is 2.71. The summed E-state index contributed by atoms with van der Waals surface area (Å²) in [7, 11) is 2.17. The third kappa shape index (κ3) is 2.71. The normalized spacial score (nSPS) is 16.7. The second-order valence-corrected chi connectivity index (χ2v) is 5.48. The van der Waals surface area contributed by atoms with Crippen LogP contribution < -0.4 is 15.5 Å². The fourth-order valence-electron chi connectivity index (χ4n) is 3.28. The van der Waals surface area contributed by atoms with Gasteiger partial charge in [0, 0.05) is 32.7 Å². The molecular weight excluding hydrogens is 234 g/mol. The van der Waals surface area contributed by atoms with Crippen LogP contribution in [-0.4, -0.2) is 32.7 Å². The lowest BCUT2D eigenvalue weighted by Gasteiger charge is -2.43. The lowest BCUT2D eigenvalue weighted by atomic mass is 9.91. The highest BCUT2D eigenvalue weighted by atomic mass is 15.3. The third-order valence-electron chi connectivity index (χ3n) is 4.51. The Balaban J connectivity index is 2.32. The molecule has 0 radical (unpaired) electrons. The van der Waals surface area contributed by atoms with Gasteiger partial charge in [-0.2, -0.15) is 0 Å². The van der Waals surface area contributed by atoms with Crippen LogP contribution in [0.15, 0.2) is 24.3 Å². The van der Waals surface area contributed by atoms with Crippen LogP contribution in [0.1, 0.15) is 26.7 Å². The quantitative estimate of drug-likeness (QED) is 0.884. The van der Waals surface area contributed by atoms with Crippen molar-refractivity contribution in [1.82, 2.24) is 0 Å². The Kier molecular flexibility index (Phi) is 4.70. The van der Waals surface area contributed by atoms with Gasteiger partial charge >= 0.3 is 0 Å². The van der Waals surface area contributed by atoms with Crippen molar-refractivity contribution in [3.63, 3.8) is 0 Å². The maximum atomic E-state index is 6.09. The first-order valence-electron chi connectivity index (χ1n) is 7.49. The zero-order chi connectivity index (χ0) is 13.8. The first-order chi connectivity index (χ1) is 9.22. The van der Waals surface area contributed by atoms with E-state index in [0.717, 1.165) is 19.6 Å². The number of nitrogens with two attached hydrogens (primary N) is 1. The minimum atomic E-state index is 0.463. The Morgan fingerprint density at radius 2 is 1.74 bits per heavy atom. The van der Waals surface area contributed by atoms with Crippen molar-refractivity contribution in [3.8, 4) is 0 Å². The molecule has 19 heavy (non-hydrogen) atoms. The highest BCUT2D eigenvalue weighted by molar-refractivity contribution is 5.73. The molecule has 2 rings (SSSR count). The number of nitrogens with zero attached hydrogens (tertiary/aromatic N) is 2. The van der Waals surface area contributed by atoms with Crippen molar-refractivity contribution >= 4 is 11.4 Å². The van der Waals surface area contributed by atoms with Gasteiger partial charge in [0.25, 0.3) is 0 Å². The number of anilines is 2. The lowest BCUT2D eigenvalue weighted by Crippen LogP contribution is -2.51. The van der Waals surface area contributed by atoms with Gasteiger partial charge in [-0.25, -0.2) is 0 Å². The van der Waals surface area contributed by atoms with Crippen molar-refractivity contribution in [2.75, 3.05) is 36.5 Å². The molecule has 1 aromatic carbocycles. The number of benzene rings is 1. The van der Waals surface area contributed by atoms with Gasteiger partial charge in [0.15, 0.2) is 0 Å². The van der Waals surface area contributed by atoms with Gasteiger partial charge in [0.05, 0.1) is 11.4 Å². The van der Waals surface area contributed by atoms with E-state index >= 15 is 0 Å². The summed E-state index contributed by atoms with van der Waals surface area (Å²) < 4.78 is 0. The molecule has 0 fully saturated rings. The fraction of sp³-hybridized carbons (Fsp3) is 0.625. The number of likely N-dealkylation sites (N-methyl/N-ethyl adjacent to an activating group) is 1. The van der Waals surface area contributed by atoms with E-state index < -0.39 is 0 Å². The molecule has 1 atom stereocenters. The topological polar surface area (TPSA) is 32.5 Å². The van der Waals surface area contributed by atoms with Crippen molar-refractivity contribution in [1.29, 1.82) is 0 Å². The van der Waals surface area contributed by atoms with Crippen molar-refractivity contribution in [2.24, 2.45) is 11.7 Å². The summed E-state index contributed by atoms with van der Waals surface area (Å²) in [5.41, 5.74) is 8.77. The Hall–Kier alpha value is -1.22. The van der Waals surface area contributed by atoms with Crippen molar-refractivity contribution < 1.29 is 0 Å². The van der Waals surface area contributed by atoms with Gasteiger partial charge < -0.3 is 15.5 Å². The first kappa shape index (κ1) is 14.2. The Bertz CT molecular complexity index is 401. The standard InChI is InChI=1S/C16H27N3/c1-4-13(5-2)16(12-17)19-11-10-18(3)14-8-6-7-9-15(14)19/h6-9,13,16H,4-5,10-12,17H2,1-3H3. The second-order valence-electron chi connectivity index (χ2n) is 5.48. The summed E-state index contributed by atoms with van der Waals surface area (Å²) in [5, 5.41) is 0. The van der Waals surface area contributed by atoms with Crippen LogP contribution in [0.25, 0.3) is 0 Å². The molecule has 0 aliphatic carbocycles. The van der Waals surface area contributed by atoms with E-state index in [1.54, 1.807) is 0 Å². The van der Waals surface area contributed by atoms with Crippen LogP contribution in [0.2, 0.25) is 0 Å². The molecule has 0 spiro atoms. The average molecular weight is 261 g/mol. The lowest BCUT2D eigenvalue weighted by molar-refractivity contribution is 0.376. The summed E-state index contributed by atoms with van der Waals surface area (Å²) in [4.78, 5) is 4.87. The Labute approximate surface area is 117 Å². The monoisotopic (exact) mass is 261 g/mol. The summed E-state index contributed by atoms with van der Waals surface area (Å²) in [6.07, 6.45) is 2.40. The molecule has 0 saturated carbocycles. The molecular formula is C16H27N3. The van der Waals surface area contributed by atoms with E-state index in [-0.39, 0.29) is 0 Å². The van der Waals surface area contributed by atoms with E-state index in [1.807, 2.05) is 0 Å². The van der Waals surface area contributed by atoms with Gasteiger partial charge in [0.1, 0.15) is 0 Å². The molecule has 3 heteroatoms. The Morgan fingerprint density at radius 1 is 1.11 bits per heavy atom. The first-order valence-corrected chi connectivity index (χ1v) is 7.49. The van der Waals surface area contributed by atoms with E-state index in [4.69, 9.17) is 5.73 Å². The number of hydrogen-bond donors (Lipinski definition) is 1. The maximum Gasteiger partial charge on any atom is 0.0607 e. The van der Waals surface area contributed by atoms with Crippen LogP contribution >= 0.6 is 0 Å². The molecule has 3 nitrogen and oxygen atoms in total. The van der Waals surface area contributed by atoms with E-state index in [0.29, 0.717) is 12.0 Å². The molecule has 1 aromatic rings. The number of fused-ring (bicyclic) bond motifs is 1. The second kappa shape index (κ2) is 6.29.